The maximum absolute atomic E-state index is 11.9. The Balaban J connectivity index is 1.80. The Morgan fingerprint density at radius 1 is 1.52 bits per heavy atom. The number of ether oxygens (including phenoxy) is 1. The molecule has 0 N–H and O–H groups in total. The first-order chi connectivity index (χ1) is 10.2. The van der Waals surface area contributed by atoms with E-state index in [0.29, 0.717) is 11.7 Å². The largest absolute Gasteiger partial charge is 0.376 e. The molecule has 3 rings (SSSR count). The summed E-state index contributed by atoms with van der Waals surface area (Å²) in [5, 5.41) is 9.67. The van der Waals surface area contributed by atoms with Crippen LogP contribution in [0.4, 0.5) is 5.13 Å². The molecule has 1 amide bonds. The monoisotopic (exact) mass is 304 g/mol. The number of nitrogens with zero attached hydrogens (tertiary/aromatic N) is 4. The van der Waals surface area contributed by atoms with Crippen molar-refractivity contribution in [2.75, 3.05) is 18.1 Å². The summed E-state index contributed by atoms with van der Waals surface area (Å²) >= 11 is 1.39. The van der Waals surface area contributed by atoms with E-state index in [2.05, 4.69) is 15.2 Å². The van der Waals surface area contributed by atoms with E-state index < -0.39 is 0 Å². The molecular formula is C14H16N4O2S. The van der Waals surface area contributed by atoms with Crippen molar-refractivity contribution in [1.82, 2.24) is 15.2 Å². The zero-order chi connectivity index (χ0) is 14.7. The van der Waals surface area contributed by atoms with Crippen molar-refractivity contribution in [3.63, 3.8) is 0 Å². The Morgan fingerprint density at radius 3 is 3.10 bits per heavy atom. The molecule has 110 valence electrons. The molecule has 21 heavy (non-hydrogen) atoms. The van der Waals surface area contributed by atoms with Crippen molar-refractivity contribution in [2.24, 2.45) is 0 Å². The second-order valence-electron chi connectivity index (χ2n) is 4.90. The molecule has 0 saturated carbocycles. The molecule has 0 spiro atoms. The van der Waals surface area contributed by atoms with Gasteiger partial charge in [-0.2, -0.15) is 0 Å². The highest BCUT2D eigenvalue weighted by Gasteiger charge is 2.24. The van der Waals surface area contributed by atoms with E-state index in [-0.39, 0.29) is 12.0 Å². The van der Waals surface area contributed by atoms with Crippen LogP contribution in [0.25, 0.3) is 10.6 Å². The molecular weight excluding hydrogens is 288 g/mol. The van der Waals surface area contributed by atoms with Crippen molar-refractivity contribution in [2.45, 2.75) is 25.9 Å². The van der Waals surface area contributed by atoms with Gasteiger partial charge in [-0.1, -0.05) is 11.3 Å². The van der Waals surface area contributed by atoms with Gasteiger partial charge in [-0.15, -0.1) is 10.2 Å². The molecule has 0 aliphatic carbocycles. The number of hydrogen-bond acceptors (Lipinski definition) is 6. The van der Waals surface area contributed by atoms with Crippen LogP contribution in [0.2, 0.25) is 0 Å². The molecule has 1 aliphatic heterocycles. The highest BCUT2D eigenvalue weighted by molar-refractivity contribution is 7.18. The van der Waals surface area contributed by atoms with Gasteiger partial charge in [0.05, 0.1) is 12.6 Å². The fourth-order valence-corrected chi connectivity index (χ4v) is 3.15. The molecule has 2 aromatic heterocycles. The van der Waals surface area contributed by atoms with E-state index in [1.807, 2.05) is 12.1 Å². The van der Waals surface area contributed by atoms with Gasteiger partial charge in [0.25, 0.3) is 0 Å². The van der Waals surface area contributed by atoms with E-state index in [0.717, 1.165) is 30.0 Å². The molecule has 3 heterocycles. The molecule has 7 heteroatoms. The normalized spacial score (nSPS) is 17.9. The van der Waals surface area contributed by atoms with Crippen LogP contribution in [0.15, 0.2) is 24.5 Å². The standard InChI is InChI=1S/C14H16N4O2S/c1-10(19)18(9-12-5-3-7-20-12)14-17-16-13(21-14)11-4-2-6-15-8-11/h2,4,6,8,12H,3,5,7,9H2,1H3/t12-/m1/s1. The molecule has 0 bridgehead atoms. The van der Waals surface area contributed by atoms with Crippen LogP contribution >= 0.6 is 11.3 Å². The van der Waals surface area contributed by atoms with Gasteiger partial charge < -0.3 is 4.74 Å². The van der Waals surface area contributed by atoms with E-state index in [4.69, 9.17) is 4.74 Å². The van der Waals surface area contributed by atoms with E-state index in [9.17, 15) is 4.79 Å². The predicted molar refractivity (Wildman–Crippen MR) is 80.1 cm³/mol. The number of anilines is 1. The van der Waals surface area contributed by atoms with Crippen molar-refractivity contribution in [3.05, 3.63) is 24.5 Å². The minimum absolute atomic E-state index is 0.0422. The van der Waals surface area contributed by atoms with E-state index in [1.165, 1.54) is 11.3 Å². The third kappa shape index (κ3) is 3.25. The van der Waals surface area contributed by atoms with Gasteiger partial charge in [-0.25, -0.2) is 0 Å². The Hall–Kier alpha value is -1.86. The zero-order valence-corrected chi connectivity index (χ0v) is 12.5. The number of pyridine rings is 1. The minimum atomic E-state index is -0.0422. The number of aromatic nitrogens is 3. The highest BCUT2D eigenvalue weighted by Crippen LogP contribution is 2.29. The molecule has 0 unspecified atom stereocenters. The summed E-state index contributed by atoms with van der Waals surface area (Å²) in [6.07, 6.45) is 5.58. The molecule has 1 saturated heterocycles. The quantitative estimate of drug-likeness (QED) is 0.865. The number of amides is 1. The van der Waals surface area contributed by atoms with Crippen LogP contribution in [0.5, 0.6) is 0 Å². The fourth-order valence-electron chi connectivity index (χ4n) is 2.26. The second kappa shape index (κ2) is 6.28. The number of rotatable bonds is 4. The average Bonchev–Trinajstić information content (AvgIpc) is 3.17. The lowest BCUT2D eigenvalue weighted by Crippen LogP contribution is -2.35. The van der Waals surface area contributed by atoms with Crippen molar-refractivity contribution in [1.29, 1.82) is 0 Å². The van der Waals surface area contributed by atoms with Crippen LogP contribution in [0.3, 0.4) is 0 Å². The summed E-state index contributed by atoms with van der Waals surface area (Å²) in [7, 11) is 0. The van der Waals surface area contributed by atoms with Crippen molar-refractivity contribution in [3.8, 4) is 10.6 Å². The Bertz CT molecular complexity index is 610. The van der Waals surface area contributed by atoms with Gasteiger partial charge in [0.1, 0.15) is 0 Å². The number of hydrogen-bond donors (Lipinski definition) is 0. The Morgan fingerprint density at radius 2 is 2.43 bits per heavy atom. The maximum Gasteiger partial charge on any atom is 0.225 e. The maximum atomic E-state index is 11.9. The summed E-state index contributed by atoms with van der Waals surface area (Å²) in [4.78, 5) is 17.6. The van der Waals surface area contributed by atoms with Gasteiger partial charge in [-0.05, 0) is 25.0 Å². The summed E-state index contributed by atoms with van der Waals surface area (Å²) in [5.41, 5.74) is 0.905. The first-order valence-corrected chi connectivity index (χ1v) is 7.69. The second-order valence-corrected chi connectivity index (χ2v) is 5.85. The van der Waals surface area contributed by atoms with Gasteiger partial charge in [0.2, 0.25) is 11.0 Å². The summed E-state index contributed by atoms with van der Waals surface area (Å²) in [6.45, 7) is 2.85. The van der Waals surface area contributed by atoms with Crippen LogP contribution in [-0.2, 0) is 9.53 Å². The lowest BCUT2D eigenvalue weighted by molar-refractivity contribution is -0.116. The number of carbonyl (C=O) groups is 1. The SMILES string of the molecule is CC(=O)N(C[C@H]1CCCO1)c1nnc(-c2cccnc2)s1. The molecule has 2 aromatic rings. The molecule has 6 nitrogen and oxygen atoms in total. The Kier molecular flexibility index (Phi) is 4.21. The third-order valence-corrected chi connectivity index (χ3v) is 4.34. The molecule has 1 fully saturated rings. The highest BCUT2D eigenvalue weighted by atomic mass is 32.1. The van der Waals surface area contributed by atoms with Crippen molar-refractivity contribution >= 4 is 22.4 Å². The van der Waals surface area contributed by atoms with E-state index in [1.54, 1.807) is 24.2 Å². The average molecular weight is 304 g/mol. The zero-order valence-electron chi connectivity index (χ0n) is 11.7. The molecule has 1 atom stereocenters. The lowest BCUT2D eigenvalue weighted by atomic mass is 10.2. The Labute approximate surface area is 126 Å². The molecule has 0 aromatic carbocycles. The topological polar surface area (TPSA) is 68.2 Å². The van der Waals surface area contributed by atoms with Crippen LogP contribution in [0, 0.1) is 0 Å². The van der Waals surface area contributed by atoms with Crippen LogP contribution < -0.4 is 4.90 Å². The van der Waals surface area contributed by atoms with Gasteiger partial charge in [-0.3, -0.25) is 14.7 Å². The summed E-state index contributed by atoms with van der Waals surface area (Å²) in [6, 6.07) is 3.78. The molecule has 1 aliphatic rings. The fraction of sp³-hybridized carbons (Fsp3) is 0.429. The van der Waals surface area contributed by atoms with Crippen LogP contribution in [0.1, 0.15) is 19.8 Å². The summed E-state index contributed by atoms with van der Waals surface area (Å²) in [5.74, 6) is -0.0422. The number of carbonyl (C=O) groups excluding carboxylic acids is 1. The first kappa shape index (κ1) is 14.1. The van der Waals surface area contributed by atoms with Crippen LogP contribution in [-0.4, -0.2) is 40.3 Å². The minimum Gasteiger partial charge on any atom is -0.376 e. The predicted octanol–water partition coefficient (Wildman–Crippen LogP) is 2.13. The van der Waals surface area contributed by atoms with Gasteiger partial charge in [0.15, 0.2) is 5.01 Å². The van der Waals surface area contributed by atoms with Crippen molar-refractivity contribution < 1.29 is 9.53 Å². The smallest absolute Gasteiger partial charge is 0.225 e. The summed E-state index contributed by atoms with van der Waals surface area (Å²) < 4.78 is 5.60. The van der Waals surface area contributed by atoms with Gasteiger partial charge in [0, 0.05) is 31.5 Å². The lowest BCUT2D eigenvalue weighted by Gasteiger charge is -2.20. The molecule has 0 radical (unpaired) electrons. The third-order valence-electron chi connectivity index (χ3n) is 3.34. The first-order valence-electron chi connectivity index (χ1n) is 6.87. The van der Waals surface area contributed by atoms with E-state index >= 15 is 0 Å². The van der Waals surface area contributed by atoms with Gasteiger partial charge >= 0.3 is 0 Å².